The first-order valence-corrected chi connectivity index (χ1v) is 9.12. The average Bonchev–Trinajstić information content (AvgIpc) is 3.21. The first-order chi connectivity index (χ1) is 10.8. The van der Waals surface area contributed by atoms with E-state index in [-0.39, 0.29) is 0 Å². The Balaban J connectivity index is 1.74. The topological polar surface area (TPSA) is 45.7 Å². The molecule has 0 amide bonds. The maximum absolute atomic E-state index is 5.30. The number of hydrogen-bond acceptors (Lipinski definition) is 3. The van der Waals surface area contributed by atoms with Crippen molar-refractivity contribution in [3.05, 3.63) is 22.4 Å². The van der Waals surface area contributed by atoms with Gasteiger partial charge < -0.3 is 15.4 Å². The van der Waals surface area contributed by atoms with Crippen molar-refractivity contribution in [2.45, 2.75) is 38.5 Å². The second-order valence-electron chi connectivity index (χ2n) is 6.13. The Morgan fingerprint density at radius 2 is 2.18 bits per heavy atom. The highest BCUT2D eigenvalue weighted by atomic mass is 32.1. The van der Waals surface area contributed by atoms with Crippen LogP contribution in [0.25, 0.3) is 0 Å². The van der Waals surface area contributed by atoms with Gasteiger partial charge in [-0.05, 0) is 42.5 Å². The molecule has 0 aromatic carbocycles. The molecule has 0 spiro atoms. The minimum atomic E-state index is 0.390. The Hall–Kier alpha value is -1.07. The number of nitrogens with zero attached hydrogens (tertiary/aromatic N) is 1. The molecule has 0 saturated heterocycles. The van der Waals surface area contributed by atoms with Crippen LogP contribution in [0.15, 0.2) is 22.5 Å². The number of guanidine groups is 1. The Kier molecular flexibility index (Phi) is 7.19. The molecule has 0 radical (unpaired) electrons. The molecule has 2 N–H and O–H groups in total. The van der Waals surface area contributed by atoms with E-state index in [1.807, 2.05) is 18.4 Å². The SMILES string of the molecule is CN=C(NCCc1cccs1)NCC1(CCOC)CCCC1. The fraction of sp³-hybridized carbons (Fsp3) is 0.706. The molecule has 1 aromatic heterocycles. The molecule has 4 nitrogen and oxygen atoms in total. The summed E-state index contributed by atoms with van der Waals surface area (Å²) < 4.78 is 5.30. The van der Waals surface area contributed by atoms with Gasteiger partial charge in [-0.1, -0.05) is 18.9 Å². The lowest BCUT2D eigenvalue weighted by molar-refractivity contribution is 0.138. The molecule has 1 aliphatic carbocycles. The lowest BCUT2D eigenvalue weighted by Crippen LogP contribution is -2.43. The molecular formula is C17H29N3OS. The minimum absolute atomic E-state index is 0.390. The average molecular weight is 324 g/mol. The number of thiophene rings is 1. The number of hydrogen-bond donors (Lipinski definition) is 2. The molecule has 1 saturated carbocycles. The van der Waals surface area contributed by atoms with Crippen molar-refractivity contribution in [1.82, 2.24) is 10.6 Å². The molecule has 0 aliphatic heterocycles. The molecule has 0 bridgehead atoms. The van der Waals surface area contributed by atoms with E-state index in [1.165, 1.54) is 30.6 Å². The van der Waals surface area contributed by atoms with Gasteiger partial charge in [0.15, 0.2) is 5.96 Å². The molecule has 0 unspecified atom stereocenters. The number of nitrogens with one attached hydrogen (secondary N) is 2. The molecule has 1 aromatic rings. The van der Waals surface area contributed by atoms with Gasteiger partial charge >= 0.3 is 0 Å². The predicted octanol–water partition coefficient (Wildman–Crippen LogP) is 3.05. The second-order valence-corrected chi connectivity index (χ2v) is 7.16. The van der Waals surface area contributed by atoms with Crippen LogP contribution < -0.4 is 10.6 Å². The zero-order chi connectivity index (χ0) is 15.7. The van der Waals surface area contributed by atoms with Gasteiger partial charge in [0, 0.05) is 38.7 Å². The van der Waals surface area contributed by atoms with Gasteiger partial charge in [0.1, 0.15) is 0 Å². The zero-order valence-corrected chi connectivity index (χ0v) is 14.7. The van der Waals surface area contributed by atoms with E-state index >= 15 is 0 Å². The van der Waals surface area contributed by atoms with Crippen molar-refractivity contribution in [2.24, 2.45) is 10.4 Å². The fourth-order valence-corrected chi connectivity index (χ4v) is 3.92. The van der Waals surface area contributed by atoms with E-state index in [2.05, 4.69) is 33.1 Å². The Morgan fingerprint density at radius 1 is 1.36 bits per heavy atom. The van der Waals surface area contributed by atoms with Gasteiger partial charge in [-0.2, -0.15) is 0 Å². The Morgan fingerprint density at radius 3 is 2.82 bits per heavy atom. The van der Waals surface area contributed by atoms with Crippen LogP contribution in [0.5, 0.6) is 0 Å². The van der Waals surface area contributed by atoms with Crippen LogP contribution in [0.1, 0.15) is 37.0 Å². The van der Waals surface area contributed by atoms with E-state index in [0.717, 1.165) is 38.5 Å². The first kappa shape index (κ1) is 17.3. The van der Waals surface area contributed by atoms with E-state index in [4.69, 9.17) is 4.74 Å². The summed E-state index contributed by atoms with van der Waals surface area (Å²) in [5.41, 5.74) is 0.390. The van der Waals surface area contributed by atoms with Crippen LogP contribution in [0.2, 0.25) is 0 Å². The van der Waals surface area contributed by atoms with Crippen molar-refractivity contribution >= 4 is 17.3 Å². The quantitative estimate of drug-likeness (QED) is 0.571. The highest BCUT2D eigenvalue weighted by Crippen LogP contribution is 2.40. The van der Waals surface area contributed by atoms with Crippen molar-refractivity contribution in [2.75, 3.05) is 33.9 Å². The summed E-state index contributed by atoms with van der Waals surface area (Å²) in [6.07, 6.45) is 7.48. The summed E-state index contributed by atoms with van der Waals surface area (Å²) in [6, 6.07) is 4.29. The third-order valence-corrected chi connectivity index (χ3v) is 5.54. The summed E-state index contributed by atoms with van der Waals surface area (Å²) in [6.45, 7) is 2.77. The minimum Gasteiger partial charge on any atom is -0.385 e. The van der Waals surface area contributed by atoms with Crippen LogP contribution in [-0.4, -0.2) is 39.8 Å². The summed E-state index contributed by atoms with van der Waals surface area (Å²) in [5, 5.41) is 9.07. The molecule has 5 heteroatoms. The molecule has 0 atom stereocenters. The third kappa shape index (κ3) is 5.29. The predicted molar refractivity (Wildman–Crippen MR) is 94.8 cm³/mol. The van der Waals surface area contributed by atoms with E-state index in [9.17, 15) is 0 Å². The van der Waals surface area contributed by atoms with Gasteiger partial charge in [-0.15, -0.1) is 11.3 Å². The second kappa shape index (κ2) is 9.16. The normalized spacial score (nSPS) is 17.6. The number of methoxy groups -OCH3 is 1. The fourth-order valence-electron chi connectivity index (χ4n) is 3.21. The van der Waals surface area contributed by atoms with Crippen LogP contribution in [0.3, 0.4) is 0 Å². The molecule has 1 heterocycles. The van der Waals surface area contributed by atoms with Gasteiger partial charge in [0.25, 0.3) is 0 Å². The van der Waals surface area contributed by atoms with Gasteiger partial charge in [-0.3, -0.25) is 4.99 Å². The van der Waals surface area contributed by atoms with Crippen LogP contribution >= 0.6 is 11.3 Å². The van der Waals surface area contributed by atoms with Crippen LogP contribution in [-0.2, 0) is 11.2 Å². The molecular weight excluding hydrogens is 294 g/mol. The van der Waals surface area contributed by atoms with Gasteiger partial charge in [0.2, 0.25) is 0 Å². The van der Waals surface area contributed by atoms with Crippen molar-refractivity contribution in [3.63, 3.8) is 0 Å². The Bertz CT molecular complexity index is 439. The van der Waals surface area contributed by atoms with E-state index in [0.29, 0.717) is 5.41 Å². The molecule has 124 valence electrons. The highest BCUT2D eigenvalue weighted by Gasteiger charge is 2.33. The zero-order valence-electron chi connectivity index (χ0n) is 13.9. The number of rotatable bonds is 8. The smallest absolute Gasteiger partial charge is 0.191 e. The maximum Gasteiger partial charge on any atom is 0.191 e. The lowest BCUT2D eigenvalue weighted by atomic mass is 9.83. The molecule has 1 aliphatic rings. The summed E-state index contributed by atoms with van der Waals surface area (Å²) in [7, 11) is 3.64. The molecule has 22 heavy (non-hydrogen) atoms. The molecule has 1 fully saturated rings. The van der Waals surface area contributed by atoms with E-state index < -0.39 is 0 Å². The van der Waals surface area contributed by atoms with E-state index in [1.54, 1.807) is 7.11 Å². The van der Waals surface area contributed by atoms with Crippen LogP contribution in [0.4, 0.5) is 0 Å². The third-order valence-electron chi connectivity index (χ3n) is 4.60. The van der Waals surface area contributed by atoms with Crippen molar-refractivity contribution in [1.29, 1.82) is 0 Å². The monoisotopic (exact) mass is 323 g/mol. The highest BCUT2D eigenvalue weighted by molar-refractivity contribution is 7.09. The maximum atomic E-state index is 5.30. The van der Waals surface area contributed by atoms with Crippen LogP contribution in [0, 0.1) is 5.41 Å². The summed E-state index contributed by atoms with van der Waals surface area (Å²) in [4.78, 5) is 5.76. The standard InChI is InChI=1S/C17H29N3OS/c1-18-16(19-11-7-15-6-5-13-22-15)20-14-17(10-12-21-2)8-3-4-9-17/h5-6,13H,3-4,7-12,14H2,1-2H3,(H2,18,19,20). The van der Waals surface area contributed by atoms with Gasteiger partial charge in [-0.25, -0.2) is 0 Å². The molecule has 2 rings (SSSR count). The number of ether oxygens (including phenoxy) is 1. The number of aliphatic imine (C=N–C) groups is 1. The van der Waals surface area contributed by atoms with Crippen molar-refractivity contribution < 1.29 is 4.74 Å². The summed E-state index contributed by atoms with van der Waals surface area (Å²) >= 11 is 1.81. The summed E-state index contributed by atoms with van der Waals surface area (Å²) in [5.74, 6) is 0.917. The Labute approximate surface area is 138 Å². The first-order valence-electron chi connectivity index (χ1n) is 8.24. The lowest BCUT2D eigenvalue weighted by Gasteiger charge is -2.29. The van der Waals surface area contributed by atoms with Crippen molar-refractivity contribution in [3.8, 4) is 0 Å². The largest absolute Gasteiger partial charge is 0.385 e. The van der Waals surface area contributed by atoms with Gasteiger partial charge in [0.05, 0.1) is 0 Å².